The smallest absolute Gasteiger partial charge is 0.317 e. The number of hydrogen-bond acceptors (Lipinski definition) is 10. The number of hydrogen-bond donors (Lipinski definition) is 2. The molecule has 1 aliphatic carbocycles. The third-order valence-corrected chi connectivity index (χ3v) is 7.05. The van der Waals surface area contributed by atoms with Gasteiger partial charge in [-0.1, -0.05) is 25.2 Å². The van der Waals surface area contributed by atoms with Crippen molar-refractivity contribution in [3.05, 3.63) is 36.4 Å². The van der Waals surface area contributed by atoms with Crippen molar-refractivity contribution >= 4 is 22.4 Å². The second kappa shape index (κ2) is 9.66. The Bertz CT molecular complexity index is 1060. The minimum Gasteiger partial charge on any atom is -0.460 e. The van der Waals surface area contributed by atoms with Gasteiger partial charge in [-0.3, -0.25) is 0 Å². The van der Waals surface area contributed by atoms with Crippen molar-refractivity contribution in [3.63, 3.8) is 0 Å². The first-order valence-electron chi connectivity index (χ1n) is 11.4. The molecular weight excluding hydrogens is 438 g/mol. The van der Waals surface area contributed by atoms with Crippen molar-refractivity contribution in [2.75, 3.05) is 18.5 Å². The van der Waals surface area contributed by atoms with Gasteiger partial charge in [0.1, 0.15) is 6.10 Å². The van der Waals surface area contributed by atoms with Crippen LogP contribution in [0.1, 0.15) is 45.1 Å². The van der Waals surface area contributed by atoms with Crippen LogP contribution < -0.4 is 15.4 Å². The standard InChI is InChI=1S/C23H29N7O2S/c1-15(2)25-9-16-10-26-20(27-11-16)30-22-28-12-19(33-22)18-5-8-24-21(29-18)32-17-3-6-23(7-4-17)13-31-14-23/h5,8,10-12,15,17,25H,3-4,6-7,9,13-14H2,1-2H3,(H,26,27,28,30). The zero-order valence-corrected chi connectivity index (χ0v) is 19.8. The van der Waals surface area contributed by atoms with Gasteiger partial charge < -0.3 is 20.1 Å². The molecule has 1 saturated carbocycles. The lowest BCUT2D eigenvalue weighted by Gasteiger charge is -2.45. The van der Waals surface area contributed by atoms with Crippen LogP contribution >= 0.6 is 11.3 Å². The molecule has 5 rings (SSSR count). The average Bonchev–Trinajstić information content (AvgIpc) is 3.27. The molecule has 1 aliphatic heterocycles. The molecule has 10 heteroatoms. The van der Waals surface area contributed by atoms with Crippen LogP contribution in [0.4, 0.5) is 11.1 Å². The summed E-state index contributed by atoms with van der Waals surface area (Å²) in [7, 11) is 0. The summed E-state index contributed by atoms with van der Waals surface area (Å²) >= 11 is 1.49. The normalized spacial score (nSPS) is 17.8. The predicted molar refractivity (Wildman–Crippen MR) is 127 cm³/mol. The lowest BCUT2D eigenvalue weighted by Crippen LogP contribution is -2.46. The molecule has 0 amide bonds. The van der Waals surface area contributed by atoms with Crippen LogP contribution in [0.2, 0.25) is 0 Å². The first-order chi connectivity index (χ1) is 16.1. The summed E-state index contributed by atoms with van der Waals surface area (Å²) in [6, 6.07) is 2.72. The van der Waals surface area contributed by atoms with Gasteiger partial charge in [0.05, 0.1) is 23.8 Å². The minimum atomic E-state index is 0.168. The molecule has 0 radical (unpaired) electrons. The van der Waals surface area contributed by atoms with E-state index in [4.69, 9.17) is 9.47 Å². The molecule has 0 aromatic carbocycles. The number of anilines is 2. The highest BCUT2D eigenvalue weighted by atomic mass is 32.1. The molecule has 3 aromatic heterocycles. The van der Waals surface area contributed by atoms with E-state index in [0.717, 1.165) is 61.6 Å². The maximum Gasteiger partial charge on any atom is 0.317 e. The largest absolute Gasteiger partial charge is 0.460 e. The number of aromatic nitrogens is 5. The van der Waals surface area contributed by atoms with Crippen molar-refractivity contribution < 1.29 is 9.47 Å². The van der Waals surface area contributed by atoms with Crippen LogP contribution in [0.15, 0.2) is 30.9 Å². The third kappa shape index (κ3) is 5.45. The number of thiazole rings is 1. The molecule has 0 bridgehead atoms. The summed E-state index contributed by atoms with van der Waals surface area (Å²) in [5.41, 5.74) is 2.24. The Hall–Kier alpha value is -2.69. The van der Waals surface area contributed by atoms with E-state index in [0.29, 0.717) is 28.5 Å². The average molecular weight is 468 g/mol. The molecule has 33 heavy (non-hydrogen) atoms. The van der Waals surface area contributed by atoms with Gasteiger partial charge in [0.15, 0.2) is 5.13 Å². The molecule has 174 valence electrons. The van der Waals surface area contributed by atoms with Crippen molar-refractivity contribution in [1.82, 2.24) is 30.2 Å². The second-order valence-corrected chi connectivity index (χ2v) is 10.2. The van der Waals surface area contributed by atoms with E-state index >= 15 is 0 Å². The fourth-order valence-corrected chi connectivity index (χ4v) is 4.84. The van der Waals surface area contributed by atoms with Gasteiger partial charge in [-0.15, -0.1) is 0 Å². The van der Waals surface area contributed by atoms with Gasteiger partial charge in [0.25, 0.3) is 0 Å². The Kier molecular flexibility index (Phi) is 6.48. The van der Waals surface area contributed by atoms with E-state index < -0.39 is 0 Å². The van der Waals surface area contributed by atoms with Gasteiger partial charge in [0, 0.05) is 48.4 Å². The predicted octanol–water partition coefficient (Wildman–Crippen LogP) is 3.97. The van der Waals surface area contributed by atoms with Gasteiger partial charge in [0.2, 0.25) is 5.95 Å². The van der Waals surface area contributed by atoms with Crippen LogP contribution in [0.3, 0.4) is 0 Å². The molecule has 3 aromatic rings. The first kappa shape index (κ1) is 22.1. The Morgan fingerprint density at radius 2 is 1.91 bits per heavy atom. The Labute approximate surface area is 197 Å². The summed E-state index contributed by atoms with van der Waals surface area (Å²) in [6.45, 7) is 6.77. The van der Waals surface area contributed by atoms with Crippen LogP contribution in [-0.2, 0) is 11.3 Å². The number of nitrogens with zero attached hydrogens (tertiary/aromatic N) is 5. The summed E-state index contributed by atoms with van der Waals surface area (Å²) in [6.07, 6.45) is 11.7. The fraction of sp³-hybridized carbons (Fsp3) is 0.522. The van der Waals surface area contributed by atoms with Gasteiger partial charge in [-0.25, -0.2) is 19.9 Å². The lowest BCUT2D eigenvalue weighted by molar-refractivity contribution is -0.140. The molecule has 2 N–H and O–H groups in total. The van der Waals surface area contributed by atoms with Crippen LogP contribution in [0.5, 0.6) is 6.01 Å². The molecule has 1 saturated heterocycles. The number of nitrogens with one attached hydrogen (secondary N) is 2. The Balaban J connectivity index is 1.18. The number of rotatable bonds is 8. The van der Waals surface area contributed by atoms with Crippen molar-refractivity contribution in [2.45, 2.75) is 58.2 Å². The van der Waals surface area contributed by atoms with E-state index in [1.165, 1.54) is 11.3 Å². The maximum atomic E-state index is 6.11. The van der Waals surface area contributed by atoms with Crippen molar-refractivity contribution in [3.8, 4) is 16.6 Å². The fourth-order valence-electron chi connectivity index (χ4n) is 4.06. The van der Waals surface area contributed by atoms with Gasteiger partial charge >= 0.3 is 6.01 Å². The summed E-state index contributed by atoms with van der Waals surface area (Å²) in [4.78, 5) is 23.1. The highest BCUT2D eigenvalue weighted by Crippen LogP contribution is 2.43. The quantitative estimate of drug-likeness (QED) is 0.509. The Morgan fingerprint density at radius 1 is 1.12 bits per heavy atom. The van der Waals surface area contributed by atoms with Gasteiger partial charge in [-0.2, -0.15) is 4.98 Å². The zero-order chi connectivity index (χ0) is 22.7. The number of ether oxygens (including phenoxy) is 2. The van der Waals surface area contributed by atoms with Gasteiger partial charge in [-0.05, 0) is 31.7 Å². The van der Waals surface area contributed by atoms with E-state index in [2.05, 4.69) is 49.4 Å². The monoisotopic (exact) mass is 467 g/mol. The molecule has 0 atom stereocenters. The summed E-state index contributed by atoms with van der Waals surface area (Å²) in [5.74, 6) is 0.517. The van der Waals surface area contributed by atoms with E-state index in [1.54, 1.807) is 12.4 Å². The topological polar surface area (TPSA) is 107 Å². The van der Waals surface area contributed by atoms with Crippen LogP contribution in [0, 0.1) is 5.41 Å². The van der Waals surface area contributed by atoms with E-state index in [9.17, 15) is 0 Å². The molecule has 0 unspecified atom stereocenters. The molecule has 2 aliphatic rings. The highest BCUT2D eigenvalue weighted by molar-refractivity contribution is 7.18. The Morgan fingerprint density at radius 3 is 2.61 bits per heavy atom. The third-order valence-electron chi connectivity index (χ3n) is 6.11. The van der Waals surface area contributed by atoms with Crippen molar-refractivity contribution in [2.24, 2.45) is 5.41 Å². The molecule has 1 spiro atoms. The zero-order valence-electron chi connectivity index (χ0n) is 19.0. The molecule has 9 nitrogen and oxygen atoms in total. The van der Waals surface area contributed by atoms with Crippen LogP contribution in [-0.4, -0.2) is 50.3 Å². The molecular formula is C23H29N7O2S. The van der Waals surface area contributed by atoms with E-state index in [-0.39, 0.29) is 6.10 Å². The summed E-state index contributed by atoms with van der Waals surface area (Å²) in [5, 5.41) is 7.23. The maximum absolute atomic E-state index is 6.11. The molecule has 4 heterocycles. The lowest BCUT2D eigenvalue weighted by atomic mass is 9.72. The van der Waals surface area contributed by atoms with Crippen molar-refractivity contribution in [1.29, 1.82) is 0 Å². The summed E-state index contributed by atoms with van der Waals surface area (Å²) < 4.78 is 11.5. The van der Waals surface area contributed by atoms with Crippen LogP contribution in [0.25, 0.3) is 10.6 Å². The van der Waals surface area contributed by atoms with E-state index in [1.807, 2.05) is 18.5 Å². The second-order valence-electron chi connectivity index (χ2n) is 9.14. The highest BCUT2D eigenvalue weighted by Gasteiger charge is 2.42. The first-order valence-corrected chi connectivity index (χ1v) is 12.2. The SMILES string of the molecule is CC(C)NCc1cnc(Nc2ncc(-c3ccnc(OC4CCC5(CC4)COC5)n3)s2)nc1. The minimum absolute atomic E-state index is 0.168. The molecule has 2 fully saturated rings.